The number of ether oxygens (including phenoxy) is 2. The van der Waals surface area contributed by atoms with Gasteiger partial charge in [-0.3, -0.25) is 0 Å². The van der Waals surface area contributed by atoms with Gasteiger partial charge in [0.05, 0.1) is 18.1 Å². The molecule has 1 N–H and O–H groups in total. The summed E-state index contributed by atoms with van der Waals surface area (Å²) in [5.41, 5.74) is 2.51. The molecule has 2 aromatic rings. The van der Waals surface area contributed by atoms with Crippen molar-refractivity contribution in [2.45, 2.75) is 30.7 Å². The Hall–Kier alpha value is -2.25. The minimum Gasteiger partial charge on any atom is -0.490 e. The van der Waals surface area contributed by atoms with Gasteiger partial charge in [0.15, 0.2) is 11.5 Å². The third kappa shape index (κ3) is 3.75. The quantitative estimate of drug-likeness (QED) is 0.853. The molecule has 4 rings (SSSR count). The lowest BCUT2D eigenvalue weighted by Gasteiger charge is -2.27. The van der Waals surface area contributed by atoms with E-state index in [1.165, 1.54) is 11.3 Å². The molecule has 0 aromatic heterocycles. The predicted molar refractivity (Wildman–Crippen MR) is 104 cm³/mol. The normalized spacial score (nSPS) is 17.3. The molecule has 0 saturated carbocycles. The zero-order chi connectivity index (χ0) is 18.9. The van der Waals surface area contributed by atoms with E-state index in [0.29, 0.717) is 31.3 Å². The maximum Gasteiger partial charge on any atom is 0.240 e. The lowest BCUT2D eigenvalue weighted by atomic mass is 10.2. The third-order valence-electron chi connectivity index (χ3n) is 5.05. The standard InChI is InChI=1S/C20H24N2O4S/c1-15(22-10-9-16-5-2-3-6-18(16)22)14-21-27(23,24)17-7-8-19-20(13-17)26-12-4-11-25-19/h2-3,5-8,13,15,21H,4,9-12,14H2,1H3. The fourth-order valence-electron chi connectivity index (χ4n) is 3.56. The van der Waals surface area contributed by atoms with E-state index in [2.05, 4.69) is 21.8 Å². The Morgan fingerprint density at radius 1 is 1.11 bits per heavy atom. The van der Waals surface area contributed by atoms with Gasteiger partial charge in [-0.05, 0) is 37.1 Å². The van der Waals surface area contributed by atoms with Crippen LogP contribution in [0.3, 0.4) is 0 Å². The molecule has 6 nitrogen and oxygen atoms in total. The fraction of sp³-hybridized carbons (Fsp3) is 0.400. The summed E-state index contributed by atoms with van der Waals surface area (Å²) in [5, 5.41) is 0. The molecule has 27 heavy (non-hydrogen) atoms. The van der Waals surface area contributed by atoms with Crippen LogP contribution < -0.4 is 19.1 Å². The van der Waals surface area contributed by atoms with Crippen molar-refractivity contribution < 1.29 is 17.9 Å². The molecular formula is C20H24N2O4S. The van der Waals surface area contributed by atoms with E-state index in [9.17, 15) is 8.42 Å². The minimum atomic E-state index is -3.62. The monoisotopic (exact) mass is 388 g/mol. The van der Waals surface area contributed by atoms with Gasteiger partial charge in [0.1, 0.15) is 0 Å². The highest BCUT2D eigenvalue weighted by atomic mass is 32.2. The molecule has 1 unspecified atom stereocenters. The van der Waals surface area contributed by atoms with Crippen molar-refractivity contribution in [3.63, 3.8) is 0 Å². The van der Waals surface area contributed by atoms with Crippen LogP contribution in [-0.2, 0) is 16.4 Å². The molecule has 0 saturated heterocycles. The lowest BCUT2D eigenvalue weighted by Crippen LogP contribution is -2.41. The van der Waals surface area contributed by atoms with Crippen LogP contribution in [0.5, 0.6) is 11.5 Å². The van der Waals surface area contributed by atoms with Crippen molar-refractivity contribution in [1.82, 2.24) is 4.72 Å². The maximum atomic E-state index is 12.7. The smallest absolute Gasteiger partial charge is 0.240 e. The molecule has 0 bridgehead atoms. The van der Waals surface area contributed by atoms with Crippen molar-refractivity contribution in [3.8, 4) is 11.5 Å². The Bertz CT molecular complexity index is 929. The third-order valence-corrected chi connectivity index (χ3v) is 6.47. The van der Waals surface area contributed by atoms with E-state index in [1.807, 2.05) is 19.1 Å². The van der Waals surface area contributed by atoms with E-state index in [1.54, 1.807) is 18.2 Å². The molecule has 0 fully saturated rings. The molecule has 0 spiro atoms. The minimum absolute atomic E-state index is 0.0591. The SMILES string of the molecule is CC(CNS(=O)(=O)c1ccc2c(c1)OCCCO2)N1CCc2ccccc21. The largest absolute Gasteiger partial charge is 0.490 e. The number of rotatable bonds is 5. The van der Waals surface area contributed by atoms with Gasteiger partial charge >= 0.3 is 0 Å². The van der Waals surface area contributed by atoms with Crippen molar-refractivity contribution in [3.05, 3.63) is 48.0 Å². The molecule has 0 aliphatic carbocycles. The Labute approximate surface area is 160 Å². The van der Waals surface area contributed by atoms with E-state index >= 15 is 0 Å². The first-order valence-electron chi connectivity index (χ1n) is 9.28. The van der Waals surface area contributed by atoms with Crippen LogP contribution in [0.1, 0.15) is 18.9 Å². The number of benzene rings is 2. The van der Waals surface area contributed by atoms with E-state index in [4.69, 9.17) is 9.47 Å². The molecule has 1 atom stereocenters. The number of sulfonamides is 1. The van der Waals surface area contributed by atoms with Crippen LogP contribution in [0.25, 0.3) is 0 Å². The Kier molecular flexibility index (Phi) is 4.97. The average Bonchev–Trinajstić information content (AvgIpc) is 2.96. The highest BCUT2D eigenvalue weighted by Gasteiger charge is 2.25. The number of fused-ring (bicyclic) bond motifs is 2. The molecule has 2 heterocycles. The van der Waals surface area contributed by atoms with Crippen LogP contribution in [-0.4, -0.2) is 40.8 Å². The van der Waals surface area contributed by atoms with Crippen molar-refractivity contribution in [2.24, 2.45) is 0 Å². The maximum absolute atomic E-state index is 12.7. The Morgan fingerprint density at radius 3 is 2.74 bits per heavy atom. The van der Waals surface area contributed by atoms with Crippen LogP contribution in [0, 0.1) is 0 Å². The Balaban J connectivity index is 1.45. The zero-order valence-electron chi connectivity index (χ0n) is 15.3. The van der Waals surface area contributed by atoms with Gasteiger partial charge in [-0.15, -0.1) is 0 Å². The first kappa shape index (κ1) is 18.1. The van der Waals surface area contributed by atoms with Crippen LogP contribution in [0.2, 0.25) is 0 Å². The topological polar surface area (TPSA) is 67.9 Å². The predicted octanol–water partition coefficient (Wildman–Crippen LogP) is 2.58. The molecule has 0 radical (unpaired) electrons. The summed E-state index contributed by atoms with van der Waals surface area (Å²) < 4.78 is 39.4. The molecule has 2 aromatic carbocycles. The van der Waals surface area contributed by atoms with Gasteiger partial charge in [0, 0.05) is 37.3 Å². The van der Waals surface area contributed by atoms with Gasteiger partial charge in [-0.1, -0.05) is 18.2 Å². The summed E-state index contributed by atoms with van der Waals surface area (Å²) in [5.74, 6) is 1.07. The van der Waals surface area contributed by atoms with E-state index in [0.717, 1.165) is 19.4 Å². The van der Waals surface area contributed by atoms with Crippen LogP contribution in [0.15, 0.2) is 47.4 Å². The number of hydrogen-bond donors (Lipinski definition) is 1. The number of hydrogen-bond acceptors (Lipinski definition) is 5. The van der Waals surface area contributed by atoms with Gasteiger partial charge in [0.25, 0.3) is 0 Å². The first-order valence-corrected chi connectivity index (χ1v) is 10.8. The number of para-hydroxylation sites is 1. The van der Waals surface area contributed by atoms with Crippen LogP contribution in [0.4, 0.5) is 5.69 Å². The number of nitrogens with one attached hydrogen (secondary N) is 1. The fourth-order valence-corrected chi connectivity index (χ4v) is 4.69. The second-order valence-electron chi connectivity index (χ2n) is 6.93. The van der Waals surface area contributed by atoms with Gasteiger partial charge < -0.3 is 14.4 Å². The van der Waals surface area contributed by atoms with Gasteiger partial charge in [-0.2, -0.15) is 0 Å². The highest BCUT2D eigenvalue weighted by molar-refractivity contribution is 7.89. The summed E-state index contributed by atoms with van der Waals surface area (Å²) in [7, 11) is -3.62. The number of nitrogens with zero attached hydrogens (tertiary/aromatic N) is 1. The van der Waals surface area contributed by atoms with E-state index in [-0.39, 0.29) is 10.9 Å². The van der Waals surface area contributed by atoms with Gasteiger partial charge in [0.2, 0.25) is 10.0 Å². The summed E-state index contributed by atoms with van der Waals surface area (Å²) in [6, 6.07) is 13.1. The van der Waals surface area contributed by atoms with Gasteiger partial charge in [-0.25, -0.2) is 13.1 Å². The molecule has 7 heteroatoms. The molecule has 0 amide bonds. The average molecular weight is 388 g/mol. The highest BCUT2D eigenvalue weighted by Crippen LogP contribution is 2.32. The number of anilines is 1. The summed E-state index contributed by atoms with van der Waals surface area (Å²) in [6.07, 6.45) is 1.78. The summed E-state index contributed by atoms with van der Waals surface area (Å²) in [4.78, 5) is 2.45. The lowest BCUT2D eigenvalue weighted by molar-refractivity contribution is 0.297. The van der Waals surface area contributed by atoms with Crippen LogP contribution >= 0.6 is 0 Å². The first-order chi connectivity index (χ1) is 13.0. The molecule has 144 valence electrons. The molecule has 2 aliphatic rings. The van der Waals surface area contributed by atoms with E-state index < -0.39 is 10.0 Å². The Morgan fingerprint density at radius 2 is 1.89 bits per heavy atom. The van der Waals surface area contributed by atoms with Crippen molar-refractivity contribution >= 4 is 15.7 Å². The molecular weight excluding hydrogens is 364 g/mol. The zero-order valence-corrected chi connectivity index (χ0v) is 16.2. The van der Waals surface area contributed by atoms with Crippen molar-refractivity contribution in [2.75, 3.05) is 31.2 Å². The summed E-state index contributed by atoms with van der Waals surface area (Å²) in [6.45, 7) is 4.39. The molecule has 2 aliphatic heterocycles. The summed E-state index contributed by atoms with van der Waals surface area (Å²) >= 11 is 0. The second kappa shape index (κ2) is 7.40. The second-order valence-corrected chi connectivity index (χ2v) is 8.70. The van der Waals surface area contributed by atoms with Crippen molar-refractivity contribution in [1.29, 1.82) is 0 Å².